The van der Waals surface area contributed by atoms with Crippen LogP contribution in [0.2, 0.25) is 0 Å². The minimum Gasteiger partial charge on any atom is -0.423 e. The van der Waals surface area contributed by atoms with Crippen LogP contribution in [0.1, 0.15) is 23.6 Å². The molecule has 0 spiro atoms. The van der Waals surface area contributed by atoms with Gasteiger partial charge in [0.05, 0.1) is 12.8 Å². The van der Waals surface area contributed by atoms with Crippen LogP contribution in [-0.2, 0) is 21.3 Å². The highest BCUT2D eigenvalue weighted by Gasteiger charge is 2.31. The summed E-state index contributed by atoms with van der Waals surface area (Å²) in [6, 6.07) is 12.3. The van der Waals surface area contributed by atoms with Crippen molar-refractivity contribution in [2.75, 3.05) is 6.54 Å². The van der Waals surface area contributed by atoms with Crippen molar-refractivity contribution >= 4 is 34.7 Å². The number of benzene rings is 2. The van der Waals surface area contributed by atoms with Crippen LogP contribution in [0.25, 0.3) is 0 Å². The Labute approximate surface area is 151 Å². The van der Waals surface area contributed by atoms with Gasteiger partial charge < -0.3 is 9.68 Å². The molecule has 9 heteroatoms. The third kappa shape index (κ3) is 2.84. The first-order chi connectivity index (χ1) is 12.5. The Balaban J connectivity index is 1.64. The Hall–Kier alpha value is -2.49. The first-order valence-electron chi connectivity index (χ1n) is 8.18. The smallest absolute Gasteiger partial charge is 0.423 e. The predicted octanol–water partition coefficient (Wildman–Crippen LogP) is 0.709. The van der Waals surface area contributed by atoms with Crippen LogP contribution < -0.4 is 5.46 Å². The molecule has 0 fully saturated rings. The first kappa shape index (κ1) is 17.0. The first-order valence-corrected chi connectivity index (χ1v) is 9.62. The SMILES string of the molecule is CCN(/N=C/c1ccc2c(c1)COB2O)C1=NS(=O)(=O)c2ccccc21. The van der Waals surface area contributed by atoms with Crippen molar-refractivity contribution in [2.24, 2.45) is 9.50 Å². The number of hydrogen-bond donors (Lipinski definition) is 1. The summed E-state index contributed by atoms with van der Waals surface area (Å²) in [5, 5.41) is 15.6. The zero-order valence-electron chi connectivity index (χ0n) is 14.0. The molecule has 0 atom stereocenters. The second-order valence-electron chi connectivity index (χ2n) is 5.97. The third-order valence-corrected chi connectivity index (χ3v) is 5.66. The van der Waals surface area contributed by atoms with Crippen molar-refractivity contribution < 1.29 is 18.1 Å². The van der Waals surface area contributed by atoms with Crippen LogP contribution in [0, 0.1) is 0 Å². The van der Waals surface area contributed by atoms with E-state index in [0.29, 0.717) is 24.6 Å². The van der Waals surface area contributed by atoms with Crippen LogP contribution in [0.4, 0.5) is 0 Å². The van der Waals surface area contributed by atoms with E-state index >= 15 is 0 Å². The minimum absolute atomic E-state index is 0.201. The molecule has 0 amide bonds. The molecule has 7 nitrogen and oxygen atoms in total. The number of fused-ring (bicyclic) bond motifs is 2. The second kappa shape index (κ2) is 6.35. The molecular weight excluding hydrogens is 353 g/mol. The van der Waals surface area contributed by atoms with Gasteiger partial charge in [0.25, 0.3) is 10.0 Å². The molecule has 2 aromatic carbocycles. The van der Waals surface area contributed by atoms with Crippen LogP contribution in [-0.4, -0.2) is 44.2 Å². The largest absolute Gasteiger partial charge is 0.491 e. The maximum absolute atomic E-state index is 12.2. The average Bonchev–Trinajstić information content (AvgIpc) is 3.14. The molecule has 0 bridgehead atoms. The molecule has 0 saturated heterocycles. The molecule has 2 aliphatic heterocycles. The lowest BCUT2D eigenvalue weighted by Crippen LogP contribution is -2.28. The Bertz CT molecular complexity index is 1040. The van der Waals surface area contributed by atoms with Gasteiger partial charge in [-0.2, -0.15) is 13.5 Å². The number of hydrogen-bond acceptors (Lipinski definition) is 6. The Morgan fingerprint density at radius 3 is 2.96 bits per heavy atom. The van der Waals surface area contributed by atoms with E-state index < -0.39 is 17.1 Å². The van der Waals surface area contributed by atoms with E-state index in [1.165, 1.54) is 0 Å². The van der Waals surface area contributed by atoms with Gasteiger partial charge in [-0.15, -0.1) is 4.40 Å². The lowest BCUT2D eigenvalue weighted by Gasteiger charge is -2.16. The van der Waals surface area contributed by atoms with E-state index in [-0.39, 0.29) is 4.90 Å². The molecule has 0 saturated carbocycles. The summed E-state index contributed by atoms with van der Waals surface area (Å²) >= 11 is 0. The van der Waals surface area contributed by atoms with Gasteiger partial charge in [-0.3, -0.25) is 0 Å². The van der Waals surface area contributed by atoms with Gasteiger partial charge in [0.2, 0.25) is 0 Å². The Morgan fingerprint density at radius 2 is 2.15 bits per heavy atom. The van der Waals surface area contributed by atoms with E-state index in [1.807, 2.05) is 19.1 Å². The molecule has 0 unspecified atom stereocenters. The number of rotatable bonds is 3. The normalized spacial score (nSPS) is 17.3. The summed E-state index contributed by atoms with van der Waals surface area (Å²) in [5.41, 5.74) is 3.05. The minimum atomic E-state index is -3.68. The molecule has 2 aromatic rings. The fourth-order valence-corrected chi connectivity index (χ4v) is 4.23. The Morgan fingerprint density at radius 1 is 1.35 bits per heavy atom. The standard InChI is InChI=1S/C17H16BN3O4S/c1-2-21(17-14-5-3-4-6-16(14)26(23,24)20-17)19-10-12-7-8-15-13(9-12)11-25-18(15)22/h3-10,22H,2,11H2,1H3/b19-10+. The van der Waals surface area contributed by atoms with Crippen LogP contribution >= 0.6 is 0 Å². The van der Waals surface area contributed by atoms with Gasteiger partial charge in [-0.1, -0.05) is 24.3 Å². The average molecular weight is 369 g/mol. The van der Waals surface area contributed by atoms with E-state index in [0.717, 1.165) is 16.6 Å². The van der Waals surface area contributed by atoms with Crippen molar-refractivity contribution in [3.8, 4) is 0 Å². The topological polar surface area (TPSA) is 91.6 Å². The number of hydrazone groups is 1. The predicted molar refractivity (Wildman–Crippen MR) is 99.0 cm³/mol. The van der Waals surface area contributed by atoms with Gasteiger partial charge in [0.1, 0.15) is 4.90 Å². The van der Waals surface area contributed by atoms with E-state index in [4.69, 9.17) is 4.65 Å². The number of nitrogens with zero attached hydrogens (tertiary/aromatic N) is 3. The highest BCUT2D eigenvalue weighted by molar-refractivity contribution is 7.90. The fraction of sp³-hybridized carbons (Fsp3) is 0.176. The number of sulfonamides is 1. The van der Waals surface area contributed by atoms with Crippen molar-refractivity contribution in [3.63, 3.8) is 0 Å². The lowest BCUT2D eigenvalue weighted by atomic mass is 9.79. The number of amidine groups is 1. The molecule has 0 aliphatic carbocycles. The Kier molecular flexibility index (Phi) is 4.14. The molecule has 0 radical (unpaired) electrons. The third-order valence-electron chi connectivity index (χ3n) is 4.33. The molecule has 0 aromatic heterocycles. The van der Waals surface area contributed by atoms with E-state index in [2.05, 4.69) is 9.50 Å². The summed E-state index contributed by atoms with van der Waals surface area (Å²) in [6.07, 6.45) is 1.64. The summed E-state index contributed by atoms with van der Waals surface area (Å²) < 4.78 is 33.5. The highest BCUT2D eigenvalue weighted by Crippen LogP contribution is 2.27. The van der Waals surface area contributed by atoms with Gasteiger partial charge in [0.15, 0.2) is 5.84 Å². The van der Waals surface area contributed by atoms with Crippen LogP contribution in [0.5, 0.6) is 0 Å². The highest BCUT2D eigenvalue weighted by atomic mass is 32.2. The summed E-state index contributed by atoms with van der Waals surface area (Å²) in [7, 11) is -4.56. The van der Waals surface area contributed by atoms with Crippen molar-refractivity contribution in [1.82, 2.24) is 5.01 Å². The summed E-state index contributed by atoms with van der Waals surface area (Å²) in [4.78, 5) is 0.201. The molecule has 2 aliphatic rings. The zero-order chi connectivity index (χ0) is 18.3. The summed E-state index contributed by atoms with van der Waals surface area (Å²) in [5.74, 6) is 0.319. The lowest BCUT2D eigenvalue weighted by molar-refractivity contribution is 0.275. The van der Waals surface area contributed by atoms with Crippen LogP contribution in [0.3, 0.4) is 0 Å². The van der Waals surface area contributed by atoms with Gasteiger partial charge in [0, 0.05) is 12.1 Å². The summed E-state index contributed by atoms with van der Waals surface area (Å²) in [6.45, 7) is 2.69. The zero-order valence-corrected chi connectivity index (χ0v) is 14.8. The fourth-order valence-electron chi connectivity index (χ4n) is 3.03. The molecule has 132 valence electrons. The van der Waals surface area contributed by atoms with Crippen molar-refractivity contribution in [3.05, 3.63) is 59.2 Å². The maximum Gasteiger partial charge on any atom is 0.491 e. The quantitative estimate of drug-likeness (QED) is 0.489. The molecule has 1 N–H and O–H groups in total. The molecule has 4 rings (SSSR count). The maximum atomic E-state index is 12.2. The molecular formula is C17H16BN3O4S. The van der Waals surface area contributed by atoms with Crippen molar-refractivity contribution in [2.45, 2.75) is 18.4 Å². The van der Waals surface area contributed by atoms with Crippen LogP contribution in [0.15, 0.2) is 56.9 Å². The van der Waals surface area contributed by atoms with E-state index in [9.17, 15) is 13.4 Å². The van der Waals surface area contributed by atoms with Gasteiger partial charge in [-0.05, 0) is 41.7 Å². The molecule has 2 heterocycles. The second-order valence-corrected chi connectivity index (χ2v) is 7.54. The van der Waals surface area contributed by atoms with E-state index in [1.54, 1.807) is 41.6 Å². The molecule has 26 heavy (non-hydrogen) atoms. The van der Waals surface area contributed by atoms with Crippen molar-refractivity contribution in [1.29, 1.82) is 0 Å². The monoisotopic (exact) mass is 369 g/mol. The van der Waals surface area contributed by atoms with Gasteiger partial charge >= 0.3 is 7.12 Å². The van der Waals surface area contributed by atoms with Gasteiger partial charge in [-0.25, -0.2) is 5.01 Å².